The number of methoxy groups -OCH3 is 1. The van der Waals surface area contributed by atoms with Gasteiger partial charge in [-0.1, -0.05) is 0 Å². The van der Waals surface area contributed by atoms with Gasteiger partial charge in [0.2, 0.25) is 5.88 Å². The van der Waals surface area contributed by atoms with Crippen molar-refractivity contribution in [2.75, 3.05) is 25.1 Å². The van der Waals surface area contributed by atoms with Crippen molar-refractivity contribution in [3.63, 3.8) is 0 Å². The zero-order valence-electron chi connectivity index (χ0n) is 15.9. The molecule has 0 bridgehead atoms. The molecule has 4 heterocycles. The van der Waals surface area contributed by atoms with Gasteiger partial charge in [0.25, 0.3) is 5.91 Å². The molecule has 2 aromatic heterocycles. The van der Waals surface area contributed by atoms with Gasteiger partial charge in [0.15, 0.2) is 0 Å². The third-order valence-electron chi connectivity index (χ3n) is 5.18. The van der Waals surface area contributed by atoms with Gasteiger partial charge in [-0.05, 0) is 31.5 Å². The molecule has 1 N–H and O–H groups in total. The Bertz CT molecular complexity index is 845. The predicted molar refractivity (Wildman–Crippen MR) is 102 cm³/mol. The van der Waals surface area contributed by atoms with Crippen LogP contribution < -0.4 is 19.7 Å². The largest absolute Gasteiger partial charge is 0.489 e. The van der Waals surface area contributed by atoms with Gasteiger partial charge < -0.3 is 19.7 Å². The van der Waals surface area contributed by atoms with E-state index < -0.39 is 0 Å². The summed E-state index contributed by atoms with van der Waals surface area (Å²) >= 11 is 0. The molecule has 1 unspecified atom stereocenters. The van der Waals surface area contributed by atoms with Gasteiger partial charge in [-0.2, -0.15) is 0 Å². The molecule has 1 saturated heterocycles. The van der Waals surface area contributed by atoms with Crippen molar-refractivity contribution in [1.29, 1.82) is 0 Å². The van der Waals surface area contributed by atoms with Crippen LogP contribution in [0.5, 0.6) is 11.6 Å². The fraction of sp³-hybridized carbons (Fsp3) is 0.450. The Balaban J connectivity index is 1.42. The standard InChI is InChI=1S/C20H24N4O3/c1-12-10-16-18(13(2)22-20(16)25)23-19(12)24-8-6-14(7-9-24)27-15-4-5-17(26-3)21-11-15/h4-5,10-11,13-14H,6-9H2,1-3H3,(H,22,25). The normalized spacial score (nSPS) is 19.6. The lowest BCUT2D eigenvalue weighted by Crippen LogP contribution is -2.39. The van der Waals surface area contributed by atoms with E-state index in [0.717, 1.165) is 48.8 Å². The SMILES string of the molecule is COc1ccc(OC2CCN(c3nc4c(cc3C)C(=O)NC4C)CC2)cn1. The zero-order valence-corrected chi connectivity index (χ0v) is 15.9. The lowest BCUT2D eigenvalue weighted by Gasteiger charge is -2.34. The molecule has 0 radical (unpaired) electrons. The van der Waals surface area contributed by atoms with E-state index in [1.165, 1.54) is 0 Å². The number of carbonyl (C=O) groups excluding carboxylic acids is 1. The molecule has 2 aliphatic heterocycles. The third kappa shape index (κ3) is 3.41. The average molecular weight is 368 g/mol. The summed E-state index contributed by atoms with van der Waals surface area (Å²) in [7, 11) is 1.60. The number of hydrogen-bond donors (Lipinski definition) is 1. The van der Waals surface area contributed by atoms with Crippen LogP contribution in [-0.2, 0) is 0 Å². The molecule has 0 aromatic carbocycles. The number of piperidine rings is 1. The van der Waals surface area contributed by atoms with Crippen LogP contribution in [0.15, 0.2) is 24.4 Å². The molecule has 1 fully saturated rings. The number of rotatable bonds is 4. The van der Waals surface area contributed by atoms with E-state index in [1.807, 2.05) is 26.0 Å². The molecule has 7 heteroatoms. The van der Waals surface area contributed by atoms with Crippen LogP contribution in [0.4, 0.5) is 5.82 Å². The van der Waals surface area contributed by atoms with Crippen molar-refractivity contribution >= 4 is 11.7 Å². The number of ether oxygens (including phenoxy) is 2. The van der Waals surface area contributed by atoms with E-state index in [0.29, 0.717) is 11.4 Å². The number of nitrogens with zero attached hydrogens (tertiary/aromatic N) is 3. The van der Waals surface area contributed by atoms with Crippen LogP contribution >= 0.6 is 0 Å². The van der Waals surface area contributed by atoms with Gasteiger partial charge in [0.1, 0.15) is 17.7 Å². The van der Waals surface area contributed by atoms with E-state index in [1.54, 1.807) is 19.4 Å². The number of anilines is 1. The van der Waals surface area contributed by atoms with Crippen LogP contribution in [-0.4, -0.2) is 42.2 Å². The number of pyridine rings is 2. The Morgan fingerprint density at radius 1 is 1.26 bits per heavy atom. The highest BCUT2D eigenvalue weighted by atomic mass is 16.5. The Kier molecular flexibility index (Phi) is 4.59. The number of aromatic nitrogens is 2. The van der Waals surface area contributed by atoms with E-state index in [-0.39, 0.29) is 18.1 Å². The maximum atomic E-state index is 12.0. The first-order valence-corrected chi connectivity index (χ1v) is 9.29. The maximum absolute atomic E-state index is 12.0. The van der Waals surface area contributed by atoms with Crippen LogP contribution in [0.3, 0.4) is 0 Å². The van der Waals surface area contributed by atoms with Crippen LogP contribution in [0.2, 0.25) is 0 Å². The van der Waals surface area contributed by atoms with Crippen LogP contribution in [0, 0.1) is 6.92 Å². The summed E-state index contributed by atoms with van der Waals surface area (Å²) in [5.74, 6) is 2.29. The first kappa shape index (κ1) is 17.6. The van der Waals surface area contributed by atoms with E-state index >= 15 is 0 Å². The van der Waals surface area contributed by atoms with Gasteiger partial charge in [-0.3, -0.25) is 4.79 Å². The molecule has 1 amide bonds. The summed E-state index contributed by atoms with van der Waals surface area (Å²) in [6, 6.07) is 5.62. The number of carbonyl (C=O) groups is 1. The van der Waals surface area contributed by atoms with Gasteiger partial charge >= 0.3 is 0 Å². The predicted octanol–water partition coefficient (Wildman–Crippen LogP) is 2.65. The minimum atomic E-state index is -0.0321. The third-order valence-corrected chi connectivity index (χ3v) is 5.18. The smallest absolute Gasteiger partial charge is 0.253 e. The van der Waals surface area contributed by atoms with Crippen molar-refractivity contribution in [2.24, 2.45) is 0 Å². The lowest BCUT2D eigenvalue weighted by molar-refractivity contribution is 0.0958. The molecule has 27 heavy (non-hydrogen) atoms. The van der Waals surface area contributed by atoms with Crippen molar-refractivity contribution in [2.45, 2.75) is 38.8 Å². The summed E-state index contributed by atoms with van der Waals surface area (Å²) in [4.78, 5) is 23.3. The Morgan fingerprint density at radius 2 is 2.04 bits per heavy atom. The van der Waals surface area contributed by atoms with Gasteiger partial charge in [-0.25, -0.2) is 9.97 Å². The molecule has 0 saturated carbocycles. The number of aryl methyl sites for hydroxylation is 1. The average Bonchev–Trinajstić information content (AvgIpc) is 2.95. The minimum absolute atomic E-state index is 0.0279. The highest BCUT2D eigenvalue weighted by molar-refractivity contribution is 5.99. The topological polar surface area (TPSA) is 76.6 Å². The second kappa shape index (κ2) is 7.06. The number of hydrogen-bond acceptors (Lipinski definition) is 6. The molecule has 2 aromatic rings. The van der Waals surface area contributed by atoms with Gasteiger partial charge in [-0.15, -0.1) is 0 Å². The molecule has 2 aliphatic rings. The fourth-order valence-electron chi connectivity index (χ4n) is 3.73. The molecular formula is C20H24N4O3. The monoisotopic (exact) mass is 368 g/mol. The highest BCUT2D eigenvalue weighted by Gasteiger charge is 2.30. The zero-order chi connectivity index (χ0) is 19.0. The summed E-state index contributed by atoms with van der Waals surface area (Å²) in [6.45, 7) is 5.73. The minimum Gasteiger partial charge on any atom is -0.489 e. The fourth-order valence-corrected chi connectivity index (χ4v) is 3.73. The van der Waals surface area contributed by atoms with Gasteiger partial charge in [0, 0.05) is 32.0 Å². The Morgan fingerprint density at radius 3 is 2.70 bits per heavy atom. The van der Waals surface area contributed by atoms with E-state index in [4.69, 9.17) is 14.5 Å². The number of nitrogens with one attached hydrogen (secondary N) is 1. The quantitative estimate of drug-likeness (QED) is 0.894. The molecule has 142 valence electrons. The van der Waals surface area contributed by atoms with Crippen molar-refractivity contribution in [3.05, 3.63) is 41.2 Å². The highest BCUT2D eigenvalue weighted by Crippen LogP contribution is 2.30. The van der Waals surface area contributed by atoms with Crippen LogP contribution in [0.25, 0.3) is 0 Å². The molecule has 7 nitrogen and oxygen atoms in total. The number of fused-ring (bicyclic) bond motifs is 1. The molecule has 0 aliphatic carbocycles. The van der Waals surface area contributed by atoms with Crippen LogP contribution in [0.1, 0.15) is 47.4 Å². The summed E-state index contributed by atoms with van der Waals surface area (Å²) in [5, 5.41) is 2.93. The van der Waals surface area contributed by atoms with Crippen molar-refractivity contribution in [1.82, 2.24) is 15.3 Å². The Hall–Kier alpha value is -2.83. The summed E-state index contributed by atoms with van der Waals surface area (Å²) in [5.41, 5.74) is 2.59. The summed E-state index contributed by atoms with van der Waals surface area (Å²) in [6.07, 6.45) is 3.69. The number of amides is 1. The summed E-state index contributed by atoms with van der Waals surface area (Å²) < 4.78 is 11.1. The first-order valence-electron chi connectivity index (χ1n) is 9.29. The van der Waals surface area contributed by atoms with E-state index in [2.05, 4.69) is 15.2 Å². The molecule has 0 spiro atoms. The maximum Gasteiger partial charge on any atom is 0.253 e. The van der Waals surface area contributed by atoms with Gasteiger partial charge in [0.05, 0.1) is 30.6 Å². The molecule has 4 rings (SSSR count). The first-order chi connectivity index (χ1) is 13.0. The van der Waals surface area contributed by atoms with Crippen molar-refractivity contribution < 1.29 is 14.3 Å². The lowest BCUT2D eigenvalue weighted by atomic mass is 10.1. The second-order valence-electron chi connectivity index (χ2n) is 7.10. The molecule has 1 atom stereocenters. The second-order valence-corrected chi connectivity index (χ2v) is 7.10. The Labute approximate surface area is 158 Å². The molecular weight excluding hydrogens is 344 g/mol. The van der Waals surface area contributed by atoms with Crippen molar-refractivity contribution in [3.8, 4) is 11.6 Å². The van der Waals surface area contributed by atoms with E-state index in [9.17, 15) is 4.79 Å².